The molecule has 1 N–H and O–H groups in total. The van der Waals surface area contributed by atoms with Crippen molar-refractivity contribution < 1.29 is 9.53 Å². The number of amides is 1. The van der Waals surface area contributed by atoms with Gasteiger partial charge in [-0.05, 0) is 76.3 Å². The van der Waals surface area contributed by atoms with E-state index in [4.69, 9.17) is 4.74 Å². The number of ether oxygens (including phenoxy) is 1. The molecule has 0 radical (unpaired) electrons. The van der Waals surface area contributed by atoms with E-state index in [1.54, 1.807) is 19.4 Å². The van der Waals surface area contributed by atoms with Crippen LogP contribution < -0.4 is 15.1 Å². The van der Waals surface area contributed by atoms with E-state index in [1.807, 2.05) is 30.3 Å². The minimum absolute atomic E-state index is 0.262. The number of carbonyl (C=O) groups excluding carboxylic acids is 1. The van der Waals surface area contributed by atoms with E-state index in [0.29, 0.717) is 5.56 Å². The van der Waals surface area contributed by atoms with Gasteiger partial charge in [0.05, 0.1) is 18.9 Å². The van der Waals surface area contributed by atoms with Crippen molar-refractivity contribution in [2.75, 3.05) is 18.6 Å². The number of aryl methyl sites for hydroxylation is 1. The number of benzene rings is 3. The molecule has 0 fully saturated rings. The first-order valence-corrected chi connectivity index (χ1v) is 11.0. The molecule has 1 aliphatic rings. The van der Waals surface area contributed by atoms with E-state index in [-0.39, 0.29) is 5.91 Å². The van der Waals surface area contributed by atoms with Gasteiger partial charge in [-0.15, -0.1) is 0 Å². The Morgan fingerprint density at radius 2 is 1.97 bits per heavy atom. The van der Waals surface area contributed by atoms with Gasteiger partial charge in [-0.3, -0.25) is 4.79 Å². The molecule has 1 heterocycles. The Bertz CT molecular complexity index is 1110. The molecule has 3 aromatic rings. The zero-order valence-electron chi connectivity index (χ0n) is 17.3. The molecule has 31 heavy (non-hydrogen) atoms. The lowest BCUT2D eigenvalue weighted by Gasteiger charge is -2.31. The van der Waals surface area contributed by atoms with Gasteiger partial charge in [0.25, 0.3) is 5.91 Å². The van der Waals surface area contributed by atoms with Crippen LogP contribution in [-0.2, 0) is 13.0 Å². The van der Waals surface area contributed by atoms with Crippen LogP contribution in [0.25, 0.3) is 0 Å². The predicted molar refractivity (Wildman–Crippen MR) is 128 cm³/mol. The van der Waals surface area contributed by atoms with Crippen molar-refractivity contribution in [1.82, 2.24) is 5.43 Å². The molecular weight excluding hydrogens is 454 g/mol. The normalized spacial score (nSPS) is 13.2. The van der Waals surface area contributed by atoms with E-state index >= 15 is 0 Å². The van der Waals surface area contributed by atoms with Gasteiger partial charge in [-0.1, -0.05) is 30.3 Å². The first-order chi connectivity index (χ1) is 15.2. The summed E-state index contributed by atoms with van der Waals surface area (Å²) in [5, 5.41) is 4.14. The Morgan fingerprint density at radius 1 is 1.16 bits per heavy atom. The number of fused-ring (bicyclic) bond motifs is 1. The molecule has 0 bridgehead atoms. The number of halogens is 1. The number of rotatable bonds is 6. The Morgan fingerprint density at radius 3 is 2.81 bits per heavy atom. The fourth-order valence-corrected chi connectivity index (χ4v) is 4.32. The minimum Gasteiger partial charge on any atom is -0.496 e. The molecule has 158 valence electrons. The maximum Gasteiger partial charge on any atom is 0.272 e. The summed E-state index contributed by atoms with van der Waals surface area (Å²) in [6, 6.07) is 21.8. The topological polar surface area (TPSA) is 53.9 Å². The van der Waals surface area contributed by atoms with Gasteiger partial charge in [-0.25, -0.2) is 5.43 Å². The summed E-state index contributed by atoms with van der Waals surface area (Å²) in [6.45, 7) is 1.77. The zero-order valence-corrected chi connectivity index (χ0v) is 18.9. The number of carbonyl (C=O) groups is 1. The molecule has 1 aliphatic heterocycles. The molecule has 4 rings (SSSR count). The van der Waals surface area contributed by atoms with E-state index in [2.05, 4.69) is 61.7 Å². The van der Waals surface area contributed by atoms with Crippen molar-refractivity contribution in [1.29, 1.82) is 0 Å². The molecule has 0 saturated carbocycles. The van der Waals surface area contributed by atoms with Crippen LogP contribution in [-0.4, -0.2) is 25.8 Å². The van der Waals surface area contributed by atoms with Crippen LogP contribution in [0.15, 0.2) is 76.3 Å². The zero-order chi connectivity index (χ0) is 21.6. The molecule has 1 amide bonds. The van der Waals surface area contributed by atoms with E-state index in [9.17, 15) is 4.79 Å². The largest absolute Gasteiger partial charge is 0.496 e. The molecular formula is C25H24BrN3O2. The van der Waals surface area contributed by atoms with Gasteiger partial charge < -0.3 is 9.64 Å². The third-order valence-electron chi connectivity index (χ3n) is 5.37. The fourth-order valence-electron chi connectivity index (χ4n) is 3.85. The molecule has 0 saturated heterocycles. The summed E-state index contributed by atoms with van der Waals surface area (Å²) >= 11 is 3.39. The quantitative estimate of drug-likeness (QED) is 0.393. The number of hydrazone groups is 1. The average Bonchev–Trinajstić information content (AvgIpc) is 2.80. The second-order valence-corrected chi connectivity index (χ2v) is 8.26. The summed E-state index contributed by atoms with van der Waals surface area (Å²) in [7, 11) is 1.69. The monoisotopic (exact) mass is 477 g/mol. The maximum absolute atomic E-state index is 12.3. The number of nitrogens with zero attached hydrogens (tertiary/aromatic N) is 2. The molecule has 5 nitrogen and oxygen atoms in total. The van der Waals surface area contributed by atoms with Crippen LogP contribution in [0.4, 0.5) is 5.69 Å². The third-order valence-corrected chi connectivity index (χ3v) is 6.06. The van der Waals surface area contributed by atoms with Crippen LogP contribution in [0, 0.1) is 0 Å². The van der Waals surface area contributed by atoms with Crippen LogP contribution in [0.3, 0.4) is 0 Å². The van der Waals surface area contributed by atoms with Crippen LogP contribution >= 0.6 is 15.9 Å². The van der Waals surface area contributed by atoms with Crippen molar-refractivity contribution in [3.63, 3.8) is 0 Å². The van der Waals surface area contributed by atoms with Crippen molar-refractivity contribution in [3.05, 3.63) is 93.5 Å². The van der Waals surface area contributed by atoms with Gasteiger partial charge in [0.15, 0.2) is 0 Å². The highest BCUT2D eigenvalue weighted by atomic mass is 79.9. The summed E-state index contributed by atoms with van der Waals surface area (Å²) in [5.74, 6) is 0.583. The first-order valence-electron chi connectivity index (χ1n) is 10.2. The molecule has 0 atom stereocenters. The second-order valence-electron chi connectivity index (χ2n) is 7.40. The lowest BCUT2D eigenvalue weighted by Crippen LogP contribution is -2.29. The van der Waals surface area contributed by atoms with Gasteiger partial charge in [0, 0.05) is 28.8 Å². The molecule has 3 aromatic carbocycles. The Hall–Kier alpha value is -3.12. The van der Waals surface area contributed by atoms with E-state index < -0.39 is 0 Å². The number of hydrogen-bond acceptors (Lipinski definition) is 4. The molecule has 0 aromatic heterocycles. The van der Waals surface area contributed by atoms with Crippen molar-refractivity contribution in [3.8, 4) is 5.75 Å². The number of para-hydroxylation sites is 1. The summed E-state index contributed by atoms with van der Waals surface area (Å²) in [4.78, 5) is 14.7. The second kappa shape index (κ2) is 9.79. The predicted octanol–water partition coefficient (Wildman–Crippen LogP) is 5.17. The van der Waals surface area contributed by atoms with Crippen molar-refractivity contribution >= 4 is 33.7 Å². The van der Waals surface area contributed by atoms with Gasteiger partial charge in [-0.2, -0.15) is 5.10 Å². The number of hydrogen-bond donors (Lipinski definition) is 1. The smallest absolute Gasteiger partial charge is 0.272 e. The van der Waals surface area contributed by atoms with Gasteiger partial charge in [0.2, 0.25) is 0 Å². The number of anilines is 1. The lowest BCUT2D eigenvalue weighted by molar-refractivity contribution is 0.0954. The van der Waals surface area contributed by atoms with E-state index in [1.165, 1.54) is 11.3 Å². The number of nitrogens with one attached hydrogen (secondary N) is 1. The van der Waals surface area contributed by atoms with Crippen LogP contribution in [0.5, 0.6) is 5.75 Å². The Kier molecular flexibility index (Phi) is 6.67. The molecule has 0 spiro atoms. The lowest BCUT2D eigenvalue weighted by atomic mass is 10.0. The van der Waals surface area contributed by atoms with Gasteiger partial charge in [0.1, 0.15) is 5.75 Å². The summed E-state index contributed by atoms with van der Waals surface area (Å²) in [6.07, 6.45) is 3.91. The molecule has 0 aliphatic carbocycles. The summed E-state index contributed by atoms with van der Waals surface area (Å²) in [5.41, 5.74) is 7.79. The van der Waals surface area contributed by atoms with Crippen LogP contribution in [0.1, 0.15) is 33.5 Å². The third kappa shape index (κ3) is 4.97. The Balaban J connectivity index is 1.50. The highest BCUT2D eigenvalue weighted by molar-refractivity contribution is 9.10. The first kappa shape index (κ1) is 21.1. The number of methoxy groups -OCH3 is 1. The minimum atomic E-state index is -0.262. The highest BCUT2D eigenvalue weighted by Gasteiger charge is 2.18. The van der Waals surface area contributed by atoms with Crippen LogP contribution in [0.2, 0.25) is 0 Å². The Labute approximate surface area is 190 Å². The highest BCUT2D eigenvalue weighted by Crippen LogP contribution is 2.30. The SMILES string of the molecule is COc1ccc(/C=N\NC(=O)c2ccccc2Br)cc1CN1CCCc2ccccc21. The standard InChI is InChI=1S/C25H24BrN3O2/c1-31-24-13-12-18(16-27-28-25(30)21-9-3-4-10-22(21)26)15-20(24)17-29-14-6-8-19-7-2-5-11-23(19)29/h2-5,7,9-13,15-16H,6,8,14,17H2,1H3,(H,28,30)/b27-16-. The fraction of sp³-hybridized carbons (Fsp3) is 0.200. The van der Waals surface area contributed by atoms with E-state index in [0.717, 1.165) is 47.3 Å². The summed E-state index contributed by atoms with van der Waals surface area (Å²) < 4.78 is 6.33. The van der Waals surface area contributed by atoms with Crippen molar-refractivity contribution in [2.24, 2.45) is 5.10 Å². The van der Waals surface area contributed by atoms with Crippen molar-refractivity contribution in [2.45, 2.75) is 19.4 Å². The van der Waals surface area contributed by atoms with Gasteiger partial charge >= 0.3 is 0 Å². The molecule has 0 unspecified atom stereocenters. The molecule has 6 heteroatoms. The average molecular weight is 478 g/mol. The maximum atomic E-state index is 12.3.